The number of thiol groups is 1. The molecular weight excluding hydrogens is 184 g/mol. The van der Waals surface area contributed by atoms with Crippen LogP contribution in [0, 0.1) is 0 Å². The zero-order valence-electron chi connectivity index (χ0n) is 6.97. The van der Waals surface area contributed by atoms with E-state index < -0.39 is 11.9 Å². The first-order valence-corrected chi connectivity index (χ1v) is 4.24. The number of carboxylic acid groups (broad SMARTS) is 1. The molecule has 0 fully saturated rings. The van der Waals surface area contributed by atoms with Gasteiger partial charge in [0.1, 0.15) is 5.92 Å². The molecule has 0 amide bonds. The average molecular weight is 194 g/mol. The zero-order chi connectivity index (χ0) is 9.84. The molecule has 0 saturated carbocycles. The normalized spacial score (nSPS) is 12.1. The molecule has 0 saturated heterocycles. The summed E-state index contributed by atoms with van der Waals surface area (Å²) in [4.78, 5) is 11.5. The van der Waals surface area contributed by atoms with Gasteiger partial charge in [-0.3, -0.25) is 4.79 Å². The topological polar surface area (TPSA) is 37.3 Å². The summed E-state index contributed by atoms with van der Waals surface area (Å²) in [6.45, 7) is 3.48. The van der Waals surface area contributed by atoms with Crippen molar-refractivity contribution in [2.75, 3.05) is 0 Å². The van der Waals surface area contributed by atoms with Gasteiger partial charge in [-0.05, 0) is 11.6 Å². The van der Waals surface area contributed by atoms with Gasteiger partial charge in [0, 0.05) is 4.90 Å². The molecule has 1 N–H and O–H groups in total. The Bertz CT molecular complexity index is 333. The predicted octanol–water partition coefficient (Wildman–Crippen LogP) is 2.33. The van der Waals surface area contributed by atoms with E-state index >= 15 is 0 Å². The summed E-state index contributed by atoms with van der Waals surface area (Å²) in [7, 11) is 0. The molecule has 0 bridgehead atoms. The molecule has 1 rings (SSSR count). The van der Waals surface area contributed by atoms with Crippen molar-refractivity contribution in [2.45, 2.75) is 10.8 Å². The van der Waals surface area contributed by atoms with Gasteiger partial charge in [-0.2, -0.15) is 0 Å². The van der Waals surface area contributed by atoms with E-state index in [-0.39, 0.29) is 0 Å². The number of carboxylic acids is 1. The van der Waals surface area contributed by atoms with Gasteiger partial charge in [0.05, 0.1) is 0 Å². The molecule has 1 aromatic rings. The van der Waals surface area contributed by atoms with E-state index in [9.17, 15) is 4.79 Å². The lowest BCUT2D eigenvalue weighted by atomic mass is 10.00. The smallest absolute Gasteiger partial charge is 0.314 e. The molecule has 0 aromatic heterocycles. The molecule has 1 atom stereocenters. The Hall–Kier alpha value is -1.22. The Balaban J connectivity index is 3.12. The molecule has 0 aliphatic rings. The van der Waals surface area contributed by atoms with E-state index in [1.165, 1.54) is 6.08 Å². The van der Waals surface area contributed by atoms with Crippen molar-refractivity contribution >= 4 is 18.6 Å². The van der Waals surface area contributed by atoms with Crippen molar-refractivity contribution < 1.29 is 9.90 Å². The van der Waals surface area contributed by atoms with Crippen LogP contribution in [-0.4, -0.2) is 11.1 Å². The lowest BCUT2D eigenvalue weighted by molar-refractivity contribution is -0.137. The average Bonchev–Trinajstić information content (AvgIpc) is 2.09. The SMILES string of the molecule is C=CC(C(=O)O)c1ccccc1S. The zero-order valence-corrected chi connectivity index (χ0v) is 7.87. The van der Waals surface area contributed by atoms with E-state index in [4.69, 9.17) is 5.11 Å². The van der Waals surface area contributed by atoms with Gasteiger partial charge in [-0.25, -0.2) is 0 Å². The van der Waals surface area contributed by atoms with E-state index in [0.717, 1.165) is 0 Å². The number of aliphatic carboxylic acids is 1. The molecule has 0 radical (unpaired) electrons. The standard InChI is InChI=1S/C10H10O2S/c1-2-7(10(11)12)8-5-3-4-6-9(8)13/h2-7,13H,1H2,(H,11,12). The summed E-state index contributed by atoms with van der Waals surface area (Å²) in [5, 5.41) is 8.85. The Labute approximate surface area is 82.3 Å². The Morgan fingerprint density at radius 1 is 1.54 bits per heavy atom. The van der Waals surface area contributed by atoms with Crippen molar-refractivity contribution in [3.63, 3.8) is 0 Å². The van der Waals surface area contributed by atoms with Crippen LogP contribution in [-0.2, 0) is 4.79 Å². The lowest BCUT2D eigenvalue weighted by Gasteiger charge is -2.09. The highest BCUT2D eigenvalue weighted by Crippen LogP contribution is 2.23. The molecule has 68 valence electrons. The van der Waals surface area contributed by atoms with Crippen LogP contribution >= 0.6 is 12.6 Å². The summed E-state index contributed by atoms with van der Waals surface area (Å²) in [6.07, 6.45) is 1.40. The molecule has 3 heteroatoms. The third-order valence-electron chi connectivity index (χ3n) is 1.77. The summed E-state index contributed by atoms with van der Waals surface area (Å²) < 4.78 is 0. The molecule has 1 unspecified atom stereocenters. The van der Waals surface area contributed by atoms with Gasteiger partial charge in [0.2, 0.25) is 0 Å². The largest absolute Gasteiger partial charge is 0.481 e. The van der Waals surface area contributed by atoms with Crippen molar-refractivity contribution in [3.05, 3.63) is 42.5 Å². The van der Waals surface area contributed by atoms with Gasteiger partial charge < -0.3 is 5.11 Å². The fourth-order valence-corrected chi connectivity index (χ4v) is 1.41. The first-order valence-electron chi connectivity index (χ1n) is 3.80. The highest BCUT2D eigenvalue weighted by atomic mass is 32.1. The molecule has 0 spiro atoms. The van der Waals surface area contributed by atoms with Crippen LogP contribution in [0.3, 0.4) is 0 Å². The number of hydrogen-bond acceptors (Lipinski definition) is 2. The minimum absolute atomic E-state index is 0.673. The summed E-state index contributed by atoms with van der Waals surface area (Å²) in [6, 6.07) is 7.10. The van der Waals surface area contributed by atoms with Gasteiger partial charge in [-0.1, -0.05) is 24.3 Å². The van der Waals surface area contributed by atoms with Crippen molar-refractivity contribution in [2.24, 2.45) is 0 Å². The fraction of sp³-hybridized carbons (Fsp3) is 0.100. The maximum Gasteiger partial charge on any atom is 0.314 e. The third-order valence-corrected chi connectivity index (χ3v) is 2.18. The molecule has 2 nitrogen and oxygen atoms in total. The van der Waals surface area contributed by atoms with Crippen LogP contribution < -0.4 is 0 Å². The first kappa shape index (κ1) is 9.86. The monoisotopic (exact) mass is 194 g/mol. The minimum atomic E-state index is -0.906. The number of hydrogen-bond donors (Lipinski definition) is 2. The van der Waals surface area contributed by atoms with Crippen LogP contribution in [0.15, 0.2) is 41.8 Å². The van der Waals surface area contributed by atoms with Crippen molar-refractivity contribution in [1.82, 2.24) is 0 Å². The molecule has 0 heterocycles. The predicted molar refractivity (Wildman–Crippen MR) is 54.3 cm³/mol. The highest BCUT2D eigenvalue weighted by molar-refractivity contribution is 7.80. The fourth-order valence-electron chi connectivity index (χ4n) is 1.11. The maximum atomic E-state index is 10.8. The number of carbonyl (C=O) groups is 1. The van der Waals surface area contributed by atoms with E-state index in [1.54, 1.807) is 18.2 Å². The maximum absolute atomic E-state index is 10.8. The Morgan fingerprint density at radius 2 is 2.15 bits per heavy atom. The highest BCUT2D eigenvalue weighted by Gasteiger charge is 2.17. The van der Waals surface area contributed by atoms with E-state index in [0.29, 0.717) is 10.5 Å². The third kappa shape index (κ3) is 2.12. The second-order valence-corrected chi connectivity index (χ2v) is 3.09. The van der Waals surface area contributed by atoms with Gasteiger partial charge in [0.15, 0.2) is 0 Å². The second kappa shape index (κ2) is 4.14. The minimum Gasteiger partial charge on any atom is -0.481 e. The number of benzene rings is 1. The molecule has 0 aliphatic carbocycles. The molecule has 13 heavy (non-hydrogen) atoms. The Kier molecular flexibility index (Phi) is 3.14. The van der Waals surface area contributed by atoms with Gasteiger partial charge in [-0.15, -0.1) is 19.2 Å². The molecule has 1 aromatic carbocycles. The van der Waals surface area contributed by atoms with Crippen LogP contribution in [0.4, 0.5) is 0 Å². The molecule has 0 aliphatic heterocycles. The first-order chi connectivity index (χ1) is 6.16. The van der Waals surface area contributed by atoms with Crippen molar-refractivity contribution in [1.29, 1.82) is 0 Å². The summed E-state index contributed by atoms with van der Waals surface area (Å²) in [5.74, 6) is -1.58. The van der Waals surface area contributed by atoms with Crippen LogP contribution in [0.5, 0.6) is 0 Å². The van der Waals surface area contributed by atoms with E-state index in [2.05, 4.69) is 19.2 Å². The van der Waals surface area contributed by atoms with Crippen molar-refractivity contribution in [3.8, 4) is 0 Å². The Morgan fingerprint density at radius 3 is 2.62 bits per heavy atom. The van der Waals surface area contributed by atoms with Gasteiger partial charge >= 0.3 is 5.97 Å². The summed E-state index contributed by atoms with van der Waals surface area (Å²) in [5.41, 5.74) is 0.674. The van der Waals surface area contributed by atoms with Crippen LogP contribution in [0.2, 0.25) is 0 Å². The quantitative estimate of drug-likeness (QED) is 0.572. The van der Waals surface area contributed by atoms with Crippen LogP contribution in [0.25, 0.3) is 0 Å². The molecular formula is C10H10O2S. The summed E-state index contributed by atoms with van der Waals surface area (Å²) >= 11 is 4.17. The lowest BCUT2D eigenvalue weighted by Crippen LogP contribution is -2.09. The second-order valence-electron chi connectivity index (χ2n) is 2.61. The van der Waals surface area contributed by atoms with Gasteiger partial charge in [0.25, 0.3) is 0 Å². The van der Waals surface area contributed by atoms with E-state index in [1.807, 2.05) is 6.07 Å². The number of rotatable bonds is 3. The van der Waals surface area contributed by atoms with Crippen LogP contribution in [0.1, 0.15) is 11.5 Å².